The average molecular weight is 371 g/mol. The van der Waals surface area contributed by atoms with Crippen LogP contribution < -0.4 is 4.74 Å². The molecule has 0 spiro atoms. The Labute approximate surface area is 113 Å². The van der Waals surface area contributed by atoms with Gasteiger partial charge >= 0.3 is 12.3 Å². The molecule has 0 amide bonds. The van der Waals surface area contributed by atoms with Gasteiger partial charge in [0.2, 0.25) is 0 Å². The van der Waals surface area contributed by atoms with Crippen molar-refractivity contribution in [3.05, 3.63) is 26.8 Å². The molecule has 0 aliphatic carbocycles. The molecule has 0 bridgehead atoms. The van der Waals surface area contributed by atoms with Gasteiger partial charge in [0, 0.05) is 3.57 Å². The number of benzene rings is 1. The Bertz CT molecular complexity index is 522. The van der Waals surface area contributed by atoms with E-state index in [4.69, 9.17) is 5.26 Å². The molecule has 4 nitrogen and oxygen atoms in total. The monoisotopic (exact) mass is 371 g/mol. The molecule has 0 aliphatic heterocycles. The van der Waals surface area contributed by atoms with Crippen molar-refractivity contribution in [3.8, 4) is 11.8 Å². The minimum atomic E-state index is -4.93. The third-order valence-corrected chi connectivity index (χ3v) is 2.96. The summed E-state index contributed by atoms with van der Waals surface area (Å²) in [7, 11) is 1.02. The van der Waals surface area contributed by atoms with E-state index < -0.39 is 23.6 Å². The molecule has 1 aromatic carbocycles. The summed E-state index contributed by atoms with van der Waals surface area (Å²) in [5, 5.41) is 8.75. The van der Waals surface area contributed by atoms with Crippen LogP contribution in [0.15, 0.2) is 12.1 Å². The molecule has 0 aromatic heterocycles. The Hall–Kier alpha value is -1.50. The number of esters is 1. The van der Waals surface area contributed by atoms with Crippen LogP contribution in [0.1, 0.15) is 15.9 Å². The summed E-state index contributed by atoms with van der Waals surface area (Å²) in [4.78, 5) is 11.4. The summed E-state index contributed by atoms with van der Waals surface area (Å²) in [6.45, 7) is 0. The lowest BCUT2D eigenvalue weighted by Gasteiger charge is -2.13. The third kappa shape index (κ3) is 3.25. The molecule has 0 N–H and O–H groups in total. The van der Waals surface area contributed by atoms with E-state index in [1.54, 1.807) is 28.7 Å². The van der Waals surface area contributed by atoms with Crippen molar-refractivity contribution in [2.75, 3.05) is 7.11 Å². The third-order valence-electron chi connectivity index (χ3n) is 1.84. The van der Waals surface area contributed by atoms with Gasteiger partial charge in [0.1, 0.15) is 17.4 Å². The van der Waals surface area contributed by atoms with Gasteiger partial charge in [-0.25, -0.2) is 4.79 Å². The largest absolute Gasteiger partial charge is 0.573 e. The molecule has 0 unspecified atom stereocenters. The summed E-state index contributed by atoms with van der Waals surface area (Å²) in [5.74, 6) is -1.70. The van der Waals surface area contributed by atoms with Crippen molar-refractivity contribution in [2.24, 2.45) is 0 Å². The van der Waals surface area contributed by atoms with E-state index >= 15 is 0 Å². The summed E-state index contributed by atoms with van der Waals surface area (Å²) in [5.41, 5.74) is -0.361. The molecule has 8 heteroatoms. The lowest BCUT2D eigenvalue weighted by Crippen LogP contribution is -2.20. The molecule has 1 aromatic rings. The Morgan fingerprint density at radius 3 is 2.50 bits per heavy atom. The topological polar surface area (TPSA) is 59.3 Å². The van der Waals surface area contributed by atoms with E-state index in [9.17, 15) is 18.0 Å². The van der Waals surface area contributed by atoms with Crippen molar-refractivity contribution < 1.29 is 27.4 Å². The van der Waals surface area contributed by atoms with Gasteiger partial charge in [-0.1, -0.05) is 0 Å². The van der Waals surface area contributed by atoms with Crippen molar-refractivity contribution >= 4 is 28.6 Å². The molecule has 0 radical (unpaired) electrons. The number of halogens is 4. The van der Waals surface area contributed by atoms with Crippen LogP contribution in [0.5, 0.6) is 5.75 Å². The minimum absolute atomic E-state index is 0.0451. The number of carbonyl (C=O) groups excluding carboxylic acids is 1. The number of hydrogen-bond donors (Lipinski definition) is 0. The maximum atomic E-state index is 12.2. The van der Waals surface area contributed by atoms with Crippen LogP contribution in [0.25, 0.3) is 0 Å². The lowest BCUT2D eigenvalue weighted by atomic mass is 10.1. The van der Waals surface area contributed by atoms with Gasteiger partial charge in [-0.3, -0.25) is 0 Å². The first-order valence-corrected chi connectivity index (χ1v) is 5.44. The van der Waals surface area contributed by atoms with E-state index in [1.807, 2.05) is 0 Å². The molecule has 18 heavy (non-hydrogen) atoms. The van der Waals surface area contributed by atoms with Crippen LogP contribution in [0.3, 0.4) is 0 Å². The Morgan fingerprint density at radius 2 is 2.06 bits per heavy atom. The number of rotatable bonds is 2. The lowest BCUT2D eigenvalue weighted by molar-refractivity contribution is -0.274. The zero-order chi connectivity index (χ0) is 13.9. The van der Waals surface area contributed by atoms with Crippen molar-refractivity contribution in [1.82, 2.24) is 0 Å². The Balaban J connectivity index is 3.40. The molecule has 0 heterocycles. The van der Waals surface area contributed by atoms with Crippen molar-refractivity contribution in [2.45, 2.75) is 6.36 Å². The van der Waals surface area contributed by atoms with Gasteiger partial charge in [-0.15, -0.1) is 13.2 Å². The van der Waals surface area contributed by atoms with Crippen LogP contribution in [-0.2, 0) is 4.74 Å². The number of methoxy groups -OCH3 is 1. The number of carbonyl (C=O) groups is 1. The highest BCUT2D eigenvalue weighted by Gasteiger charge is 2.34. The van der Waals surface area contributed by atoms with Gasteiger partial charge in [0.25, 0.3) is 0 Å². The highest BCUT2D eigenvalue weighted by Crippen LogP contribution is 2.31. The number of nitriles is 1. The second-order valence-electron chi connectivity index (χ2n) is 2.95. The molecule has 1 rings (SSSR count). The van der Waals surface area contributed by atoms with E-state index in [0.29, 0.717) is 0 Å². The Kier molecular flexibility index (Phi) is 4.39. The van der Waals surface area contributed by atoms with E-state index in [1.165, 1.54) is 0 Å². The fraction of sp³-hybridized carbons (Fsp3) is 0.200. The molecule has 96 valence electrons. The summed E-state index contributed by atoms with van der Waals surface area (Å²) >= 11 is 1.59. The highest BCUT2D eigenvalue weighted by molar-refractivity contribution is 14.1. The second-order valence-corrected chi connectivity index (χ2v) is 4.03. The van der Waals surface area contributed by atoms with Crippen LogP contribution in [-0.4, -0.2) is 19.4 Å². The highest BCUT2D eigenvalue weighted by atomic mass is 127. The fourth-order valence-corrected chi connectivity index (χ4v) is 1.93. The van der Waals surface area contributed by atoms with Crippen LogP contribution in [0, 0.1) is 14.9 Å². The van der Waals surface area contributed by atoms with Crippen LogP contribution >= 0.6 is 22.6 Å². The second kappa shape index (κ2) is 5.43. The van der Waals surface area contributed by atoms with Crippen LogP contribution in [0.2, 0.25) is 0 Å². The summed E-state index contributed by atoms with van der Waals surface area (Å²) in [6.07, 6.45) is -4.93. The number of ether oxygens (including phenoxy) is 2. The molecule has 0 saturated heterocycles. The van der Waals surface area contributed by atoms with Gasteiger partial charge < -0.3 is 9.47 Å². The zero-order valence-corrected chi connectivity index (χ0v) is 11.0. The number of alkyl halides is 3. The first kappa shape index (κ1) is 14.6. The fourth-order valence-electron chi connectivity index (χ4n) is 1.15. The smallest absolute Gasteiger partial charge is 0.465 e. The Morgan fingerprint density at radius 1 is 1.44 bits per heavy atom. The van der Waals surface area contributed by atoms with E-state index in [2.05, 4.69) is 9.47 Å². The minimum Gasteiger partial charge on any atom is -0.465 e. The molecule has 0 atom stereocenters. The predicted octanol–water partition coefficient (Wildman–Crippen LogP) is 2.85. The van der Waals surface area contributed by atoms with E-state index in [0.717, 1.165) is 19.2 Å². The molecule has 0 saturated carbocycles. The van der Waals surface area contributed by atoms with Gasteiger partial charge in [0.15, 0.2) is 0 Å². The first-order valence-electron chi connectivity index (χ1n) is 4.36. The first-order chi connectivity index (χ1) is 8.30. The van der Waals surface area contributed by atoms with E-state index in [-0.39, 0.29) is 9.13 Å². The summed E-state index contributed by atoms with van der Waals surface area (Å²) < 4.78 is 44.6. The van der Waals surface area contributed by atoms with Gasteiger partial charge in [0.05, 0.1) is 12.7 Å². The summed E-state index contributed by atoms with van der Waals surface area (Å²) in [6, 6.07) is 3.79. The van der Waals surface area contributed by atoms with Crippen molar-refractivity contribution in [1.29, 1.82) is 5.26 Å². The van der Waals surface area contributed by atoms with Crippen molar-refractivity contribution in [3.63, 3.8) is 0 Å². The predicted molar refractivity (Wildman–Crippen MR) is 61.9 cm³/mol. The molecular weight excluding hydrogens is 366 g/mol. The standard InChI is InChI=1S/C10H5F3INO3/c1-17-9(16)7-6(18-10(11,12)13)3-2-5(4-15)8(7)14/h2-3H,1H3. The van der Waals surface area contributed by atoms with Gasteiger partial charge in [-0.2, -0.15) is 5.26 Å². The SMILES string of the molecule is COC(=O)c1c(OC(F)(F)F)ccc(C#N)c1I. The number of hydrogen-bond acceptors (Lipinski definition) is 4. The molecule has 0 aliphatic rings. The molecular formula is C10H5F3INO3. The normalized spacial score (nSPS) is 10.7. The number of nitrogens with zero attached hydrogens (tertiary/aromatic N) is 1. The van der Waals surface area contributed by atoms with Crippen LogP contribution in [0.4, 0.5) is 13.2 Å². The quantitative estimate of drug-likeness (QED) is 0.593. The average Bonchev–Trinajstić information content (AvgIpc) is 2.26. The maximum Gasteiger partial charge on any atom is 0.573 e. The van der Waals surface area contributed by atoms with Gasteiger partial charge in [-0.05, 0) is 34.7 Å². The maximum absolute atomic E-state index is 12.2. The zero-order valence-electron chi connectivity index (χ0n) is 8.84. The molecule has 0 fully saturated rings.